The lowest BCUT2D eigenvalue weighted by molar-refractivity contribution is -0.00285. The molecule has 2 aliphatic rings. The van der Waals surface area contributed by atoms with Crippen molar-refractivity contribution in [1.29, 1.82) is 0 Å². The fourth-order valence-electron chi connectivity index (χ4n) is 3.96. The molecule has 1 aromatic rings. The van der Waals surface area contributed by atoms with Crippen molar-refractivity contribution >= 4 is 12.2 Å². The van der Waals surface area contributed by atoms with Crippen molar-refractivity contribution < 1.29 is 19.1 Å². The zero-order valence-corrected chi connectivity index (χ0v) is 17.3. The lowest BCUT2D eigenvalue weighted by Gasteiger charge is -2.46. The highest BCUT2D eigenvalue weighted by molar-refractivity contribution is 5.68. The quantitative estimate of drug-likeness (QED) is 0.752. The lowest BCUT2D eigenvalue weighted by atomic mass is 9.71. The van der Waals surface area contributed by atoms with Gasteiger partial charge in [-0.3, -0.25) is 0 Å². The predicted molar refractivity (Wildman–Crippen MR) is 107 cm³/mol. The summed E-state index contributed by atoms with van der Waals surface area (Å²) in [7, 11) is 0. The maximum atomic E-state index is 12.4. The normalized spacial score (nSPS) is 19.4. The highest BCUT2D eigenvalue weighted by Gasteiger charge is 2.40. The van der Waals surface area contributed by atoms with Gasteiger partial charge < -0.3 is 19.3 Å². The molecule has 6 heteroatoms. The van der Waals surface area contributed by atoms with Crippen LogP contribution >= 0.6 is 0 Å². The summed E-state index contributed by atoms with van der Waals surface area (Å²) < 4.78 is 10.9. The van der Waals surface area contributed by atoms with Gasteiger partial charge >= 0.3 is 12.2 Å². The number of hydrogen-bond donors (Lipinski definition) is 0. The van der Waals surface area contributed by atoms with Gasteiger partial charge in [-0.05, 0) is 57.4 Å². The Morgan fingerprint density at radius 1 is 0.893 bits per heavy atom. The van der Waals surface area contributed by atoms with Gasteiger partial charge in [0.1, 0.15) is 12.2 Å². The van der Waals surface area contributed by atoms with E-state index in [2.05, 4.69) is 0 Å². The summed E-state index contributed by atoms with van der Waals surface area (Å²) in [6.07, 6.45) is 3.43. The van der Waals surface area contributed by atoms with E-state index in [0.717, 1.165) is 57.4 Å². The second-order valence-electron chi connectivity index (χ2n) is 8.99. The van der Waals surface area contributed by atoms with Crippen LogP contribution in [-0.4, -0.2) is 53.8 Å². The molecule has 2 amide bonds. The maximum Gasteiger partial charge on any atom is 0.410 e. The van der Waals surface area contributed by atoms with E-state index in [0.29, 0.717) is 6.61 Å². The molecule has 1 spiro atoms. The molecule has 2 fully saturated rings. The molecular formula is C22H32N2O4. The van der Waals surface area contributed by atoms with Gasteiger partial charge in [-0.25, -0.2) is 9.59 Å². The largest absolute Gasteiger partial charge is 0.445 e. The molecule has 1 aromatic carbocycles. The Kier molecular flexibility index (Phi) is 6.16. The highest BCUT2D eigenvalue weighted by Crippen LogP contribution is 2.41. The van der Waals surface area contributed by atoms with Gasteiger partial charge in [0.25, 0.3) is 0 Å². The minimum Gasteiger partial charge on any atom is -0.445 e. The fourth-order valence-corrected chi connectivity index (χ4v) is 3.96. The number of carbonyl (C=O) groups is 2. The van der Waals surface area contributed by atoms with E-state index in [4.69, 9.17) is 9.47 Å². The zero-order valence-electron chi connectivity index (χ0n) is 17.3. The first-order chi connectivity index (χ1) is 13.3. The molecule has 0 bridgehead atoms. The Bertz CT molecular complexity index is 666. The summed E-state index contributed by atoms with van der Waals surface area (Å²) in [4.78, 5) is 28.2. The third-order valence-corrected chi connectivity index (χ3v) is 5.76. The number of amides is 2. The molecule has 2 heterocycles. The number of hydrogen-bond acceptors (Lipinski definition) is 4. The molecule has 0 atom stereocenters. The Hall–Kier alpha value is -2.24. The molecule has 0 unspecified atom stereocenters. The second-order valence-corrected chi connectivity index (χ2v) is 8.99. The van der Waals surface area contributed by atoms with E-state index in [1.54, 1.807) is 0 Å². The molecule has 0 saturated carbocycles. The summed E-state index contributed by atoms with van der Waals surface area (Å²) in [6, 6.07) is 9.74. The molecule has 0 radical (unpaired) electrons. The van der Waals surface area contributed by atoms with Crippen LogP contribution in [0.25, 0.3) is 0 Å². The van der Waals surface area contributed by atoms with Crippen molar-refractivity contribution in [2.45, 2.75) is 58.7 Å². The SMILES string of the molecule is CC(C)(C)OC(=O)N1CCC2(CCN(C(=O)OCc3ccccc3)CC2)CC1. The molecule has 28 heavy (non-hydrogen) atoms. The second kappa shape index (κ2) is 8.41. The van der Waals surface area contributed by atoms with Crippen molar-refractivity contribution in [1.82, 2.24) is 9.80 Å². The molecule has 0 aromatic heterocycles. The molecule has 3 rings (SSSR count). The molecule has 0 N–H and O–H groups in total. The Labute approximate surface area is 167 Å². The number of nitrogens with zero attached hydrogens (tertiary/aromatic N) is 2. The van der Waals surface area contributed by atoms with Crippen LogP contribution in [0.15, 0.2) is 30.3 Å². The van der Waals surface area contributed by atoms with Crippen LogP contribution in [0.1, 0.15) is 52.0 Å². The van der Waals surface area contributed by atoms with Crippen LogP contribution in [-0.2, 0) is 16.1 Å². The van der Waals surface area contributed by atoms with E-state index in [9.17, 15) is 9.59 Å². The number of likely N-dealkylation sites (tertiary alicyclic amines) is 2. The van der Waals surface area contributed by atoms with Gasteiger partial charge in [0.05, 0.1) is 0 Å². The monoisotopic (exact) mass is 388 g/mol. The fraction of sp³-hybridized carbons (Fsp3) is 0.636. The summed E-state index contributed by atoms with van der Waals surface area (Å²) >= 11 is 0. The molecule has 2 aliphatic heterocycles. The van der Waals surface area contributed by atoms with Gasteiger partial charge in [-0.2, -0.15) is 0 Å². The highest BCUT2D eigenvalue weighted by atomic mass is 16.6. The predicted octanol–water partition coefficient (Wildman–Crippen LogP) is 4.44. The van der Waals surface area contributed by atoms with Gasteiger partial charge in [-0.1, -0.05) is 30.3 Å². The summed E-state index contributed by atoms with van der Waals surface area (Å²) in [5.74, 6) is 0. The van der Waals surface area contributed by atoms with Crippen molar-refractivity contribution in [2.75, 3.05) is 26.2 Å². The molecule has 2 saturated heterocycles. The average Bonchev–Trinajstić information content (AvgIpc) is 2.67. The number of benzene rings is 1. The topological polar surface area (TPSA) is 59.1 Å². The van der Waals surface area contributed by atoms with Crippen molar-refractivity contribution in [3.8, 4) is 0 Å². The van der Waals surface area contributed by atoms with Crippen molar-refractivity contribution in [3.05, 3.63) is 35.9 Å². The Balaban J connectivity index is 1.42. The third-order valence-electron chi connectivity index (χ3n) is 5.76. The van der Waals surface area contributed by atoms with Crippen LogP contribution in [0.2, 0.25) is 0 Å². The number of carbonyl (C=O) groups excluding carboxylic acids is 2. The summed E-state index contributed by atoms with van der Waals surface area (Å²) in [5.41, 5.74) is 0.769. The maximum absolute atomic E-state index is 12.4. The van der Waals surface area contributed by atoms with Crippen molar-refractivity contribution in [3.63, 3.8) is 0 Å². The lowest BCUT2D eigenvalue weighted by Crippen LogP contribution is -2.50. The van der Waals surface area contributed by atoms with Crippen LogP contribution in [0.3, 0.4) is 0 Å². The summed E-state index contributed by atoms with van der Waals surface area (Å²) in [5, 5.41) is 0. The van der Waals surface area contributed by atoms with Gasteiger partial charge in [0.2, 0.25) is 0 Å². The first kappa shape index (κ1) is 20.5. The summed E-state index contributed by atoms with van der Waals surface area (Å²) in [6.45, 7) is 8.89. The molecule has 154 valence electrons. The van der Waals surface area contributed by atoms with Crippen molar-refractivity contribution in [2.24, 2.45) is 5.41 Å². The molecule has 0 aliphatic carbocycles. The third kappa shape index (κ3) is 5.40. The number of rotatable bonds is 2. The standard InChI is InChI=1S/C22H32N2O4/c1-21(2,3)28-20(26)24-15-11-22(12-16-24)9-13-23(14-10-22)19(25)27-17-18-7-5-4-6-8-18/h4-8H,9-17H2,1-3H3. The Morgan fingerprint density at radius 3 is 1.89 bits per heavy atom. The number of ether oxygens (including phenoxy) is 2. The van der Waals surface area contributed by atoms with E-state index < -0.39 is 5.60 Å². The van der Waals surface area contributed by atoms with Gasteiger partial charge in [0.15, 0.2) is 0 Å². The first-order valence-electron chi connectivity index (χ1n) is 10.2. The van der Waals surface area contributed by atoms with Gasteiger partial charge in [0, 0.05) is 26.2 Å². The average molecular weight is 389 g/mol. The molecule has 6 nitrogen and oxygen atoms in total. The van der Waals surface area contributed by atoms with Crippen LogP contribution in [0, 0.1) is 5.41 Å². The van der Waals surface area contributed by atoms with E-state index >= 15 is 0 Å². The zero-order chi connectivity index (χ0) is 20.2. The van der Waals surface area contributed by atoms with Gasteiger partial charge in [-0.15, -0.1) is 0 Å². The number of piperidine rings is 2. The minimum absolute atomic E-state index is 0.218. The van der Waals surface area contributed by atoms with E-state index in [-0.39, 0.29) is 17.6 Å². The smallest absolute Gasteiger partial charge is 0.410 e. The van der Waals surface area contributed by atoms with E-state index in [1.807, 2.05) is 60.9 Å². The minimum atomic E-state index is -0.461. The van der Waals surface area contributed by atoms with Crippen LogP contribution in [0.4, 0.5) is 9.59 Å². The Morgan fingerprint density at radius 2 is 1.39 bits per heavy atom. The molecular weight excluding hydrogens is 356 g/mol. The van der Waals surface area contributed by atoms with E-state index in [1.165, 1.54) is 0 Å². The van der Waals surface area contributed by atoms with Crippen LogP contribution < -0.4 is 0 Å². The van der Waals surface area contributed by atoms with Crippen LogP contribution in [0.5, 0.6) is 0 Å². The first-order valence-corrected chi connectivity index (χ1v) is 10.2.